The molecular formula is C62H57ClN28O2S2. The molecule has 10 N–H and O–H groups in total. The summed E-state index contributed by atoms with van der Waals surface area (Å²) in [5, 5.41) is 37.8. The van der Waals surface area contributed by atoms with Gasteiger partial charge in [-0.15, -0.1) is 22.7 Å². The maximum atomic E-state index is 6.04. The summed E-state index contributed by atoms with van der Waals surface area (Å²) in [7, 11) is 12.7. The Kier molecular flexibility index (Phi) is 16.3. The maximum absolute atomic E-state index is 6.04. The summed E-state index contributed by atoms with van der Waals surface area (Å²) in [6.45, 7) is 3.71. The molecule has 0 spiro atoms. The molecule has 0 saturated carbocycles. The Morgan fingerprint density at radius 2 is 0.905 bits per heavy atom. The van der Waals surface area contributed by atoms with Gasteiger partial charge in [-0.05, 0) is 72.5 Å². The van der Waals surface area contributed by atoms with Gasteiger partial charge < -0.3 is 37.9 Å². The number of thiophene rings is 2. The van der Waals surface area contributed by atoms with Crippen molar-refractivity contribution in [3.05, 3.63) is 139 Å². The van der Waals surface area contributed by atoms with E-state index in [9.17, 15) is 0 Å². The number of nitrogens with two attached hydrogens (primary N) is 5. The Morgan fingerprint density at radius 3 is 1.37 bits per heavy atom. The van der Waals surface area contributed by atoms with E-state index in [2.05, 4.69) is 110 Å². The van der Waals surface area contributed by atoms with Gasteiger partial charge in [-0.2, -0.15) is 30.6 Å². The molecule has 0 aliphatic carbocycles. The first-order valence-corrected chi connectivity index (χ1v) is 30.8. The average molecular weight is 1330 g/mol. The van der Waals surface area contributed by atoms with Crippen molar-refractivity contribution in [1.82, 2.24) is 114 Å². The summed E-state index contributed by atoms with van der Waals surface area (Å²) in [6, 6.07) is 26.3. The molecule has 33 heteroatoms. The zero-order valence-corrected chi connectivity index (χ0v) is 54.6. The lowest BCUT2D eigenvalue weighted by atomic mass is 10.0. The first-order chi connectivity index (χ1) is 45.8. The molecule has 0 unspecified atom stereocenters. The predicted molar refractivity (Wildman–Crippen MR) is 369 cm³/mol. The number of benzene rings is 3. The SMILES string of the molecule is COc1ccc2cc(-c3nn(C)c4ncnc(N)c34)ccc2c1.Cc1noc(C)c1-c1nn(C)c2ncnc(N)c12.Cn1cc(-c2nn(C)c3ncnc(N)c23)cn1.Cn1nc(-c2cc3ccccc3s2)c2c(N)ncnc21.Cn1nc(-c2ccc(Cl)s2)c2c(N)ncnc21. The van der Waals surface area contributed by atoms with Crippen LogP contribution in [0.3, 0.4) is 0 Å². The van der Waals surface area contributed by atoms with Crippen molar-refractivity contribution in [2.45, 2.75) is 13.8 Å². The molecule has 0 amide bonds. The Morgan fingerprint density at radius 1 is 0.453 bits per heavy atom. The van der Waals surface area contributed by atoms with Crippen LogP contribution in [-0.4, -0.2) is 121 Å². The van der Waals surface area contributed by atoms with Crippen LogP contribution in [0.15, 0.2) is 127 Å². The summed E-state index contributed by atoms with van der Waals surface area (Å²) in [4.78, 5) is 43.3. The molecule has 0 bridgehead atoms. The van der Waals surface area contributed by atoms with Crippen molar-refractivity contribution < 1.29 is 9.26 Å². The predicted octanol–water partition coefficient (Wildman–Crippen LogP) is 9.49. The van der Waals surface area contributed by atoms with Gasteiger partial charge in [-0.1, -0.05) is 53.2 Å². The number of hydrogen-bond donors (Lipinski definition) is 5. The summed E-state index contributed by atoms with van der Waals surface area (Å²) in [5.74, 6) is 3.72. The van der Waals surface area contributed by atoms with Crippen LogP contribution in [0.5, 0.6) is 5.75 Å². The molecule has 17 rings (SSSR count). The lowest BCUT2D eigenvalue weighted by molar-refractivity contribution is 0.393. The number of methoxy groups -OCH3 is 1. The third-order valence-corrected chi connectivity index (χ3v) is 17.6. The van der Waals surface area contributed by atoms with E-state index in [1.54, 1.807) is 52.7 Å². The number of aryl methyl sites for hydroxylation is 8. The first kappa shape index (κ1) is 61.7. The maximum Gasteiger partial charge on any atom is 0.163 e. The number of aromatic nitrogens is 23. The van der Waals surface area contributed by atoms with Gasteiger partial charge in [0.15, 0.2) is 28.2 Å². The minimum atomic E-state index is 0.406. The standard InChI is InChI=1S/C17H15N5O.C14H11N5S.C11H12N6O.C10H8ClN5S.C10H11N7/c1-22-17-14(16(18)19-9-20-17)15(21-22)12-4-3-11-8-13(23-2)6-5-10(11)7-12;1-19-14-11(13(15)16-7-17-14)12(18-19)10-6-8-4-2-3-5-9(8)20-10;1-5-7(6(2)18-16-5)9-8-10(12)13-4-14-11(8)17(3)15-9;1-16-10-7(9(12)13-4-14-10)8(15-16)5-2-3-6(11)17-5;1-16-4-6(3-14-16)8-7-9(11)12-5-13-10(7)17(2)15-8/h3-9H,1-2H3,(H2,18,19,20);2-7H,1H3,(H2,15,16,17);4H,1-3H3,(H2,12,13,14);2-4H,1H3,(H2,12,13,14);3-5H,1-2H3,(H2,11,12,13). The zero-order valence-electron chi connectivity index (χ0n) is 52.2. The molecule has 0 atom stereocenters. The van der Waals surface area contributed by atoms with Crippen LogP contribution in [0.4, 0.5) is 29.1 Å². The van der Waals surface area contributed by atoms with Crippen molar-refractivity contribution in [2.24, 2.45) is 42.3 Å². The second-order valence-corrected chi connectivity index (χ2v) is 24.2. The third kappa shape index (κ3) is 11.6. The van der Waals surface area contributed by atoms with Crippen LogP contribution in [0.1, 0.15) is 11.5 Å². The van der Waals surface area contributed by atoms with Crippen molar-refractivity contribution >= 4 is 139 Å². The molecule has 0 aliphatic heterocycles. The number of halogens is 1. The first-order valence-electron chi connectivity index (χ1n) is 28.7. The number of rotatable bonds is 6. The monoisotopic (exact) mass is 1320 g/mol. The Balaban J connectivity index is 0.000000108. The van der Waals surface area contributed by atoms with Gasteiger partial charge in [0, 0.05) is 64.3 Å². The van der Waals surface area contributed by atoms with E-state index >= 15 is 0 Å². The van der Waals surface area contributed by atoms with E-state index in [1.807, 2.05) is 117 Å². The molecule has 476 valence electrons. The molecule has 0 fully saturated rings. The molecule has 0 aliphatic rings. The van der Waals surface area contributed by atoms with Gasteiger partial charge in [0.2, 0.25) is 0 Å². The fourth-order valence-corrected chi connectivity index (χ4v) is 13.0. The highest BCUT2D eigenvalue weighted by Gasteiger charge is 2.23. The van der Waals surface area contributed by atoms with E-state index in [-0.39, 0.29) is 0 Å². The van der Waals surface area contributed by atoms with Crippen molar-refractivity contribution in [2.75, 3.05) is 35.8 Å². The number of nitrogen functional groups attached to an aromatic ring is 5. The number of nitrogens with zero attached hydrogens (tertiary/aromatic N) is 23. The van der Waals surface area contributed by atoms with E-state index in [1.165, 1.54) is 53.1 Å². The molecule has 95 heavy (non-hydrogen) atoms. The summed E-state index contributed by atoms with van der Waals surface area (Å²) >= 11 is 9.09. The highest BCUT2D eigenvalue weighted by Crippen LogP contribution is 2.40. The summed E-state index contributed by atoms with van der Waals surface area (Å²) in [6.07, 6.45) is 10.8. The molecule has 3 aromatic carbocycles. The fraction of sp³-hybridized carbons (Fsp3) is 0.145. The minimum absolute atomic E-state index is 0.406. The van der Waals surface area contributed by atoms with Crippen molar-refractivity contribution in [3.8, 4) is 60.7 Å². The Labute approximate surface area is 550 Å². The molecule has 0 saturated heterocycles. The summed E-state index contributed by atoms with van der Waals surface area (Å²) < 4.78 is 22.6. The van der Waals surface area contributed by atoms with Crippen LogP contribution >= 0.6 is 34.3 Å². The highest BCUT2D eigenvalue weighted by atomic mass is 35.5. The van der Waals surface area contributed by atoms with Gasteiger partial charge in [0.1, 0.15) is 101 Å². The molecule has 17 aromatic rings. The number of fused-ring (bicyclic) bond motifs is 7. The van der Waals surface area contributed by atoms with Crippen LogP contribution in [-0.2, 0) is 42.3 Å². The van der Waals surface area contributed by atoms with Gasteiger partial charge in [0.25, 0.3) is 0 Å². The molecular weight excluding hydrogens is 1270 g/mol. The van der Waals surface area contributed by atoms with Crippen LogP contribution in [0.25, 0.3) is 131 Å². The lowest BCUT2D eigenvalue weighted by Gasteiger charge is -2.05. The second kappa shape index (κ2) is 25.1. The number of ether oxygens (including phenoxy) is 1. The fourth-order valence-electron chi connectivity index (χ4n) is 10.9. The number of anilines is 5. The number of hydrogen-bond acceptors (Lipinski definition) is 26. The van der Waals surface area contributed by atoms with Crippen LogP contribution in [0.2, 0.25) is 4.34 Å². The smallest absolute Gasteiger partial charge is 0.163 e. The van der Waals surface area contributed by atoms with Crippen LogP contribution < -0.4 is 33.4 Å². The second-order valence-electron chi connectivity index (χ2n) is 21.4. The largest absolute Gasteiger partial charge is 0.497 e. The van der Waals surface area contributed by atoms with E-state index in [0.717, 1.165) is 121 Å². The highest BCUT2D eigenvalue weighted by molar-refractivity contribution is 7.22. The summed E-state index contributed by atoms with van der Waals surface area (Å²) in [5.41, 5.74) is 40.7. The molecule has 14 aromatic heterocycles. The minimum Gasteiger partial charge on any atom is -0.497 e. The third-order valence-electron chi connectivity index (χ3n) is 15.3. The van der Waals surface area contributed by atoms with Gasteiger partial charge in [0.05, 0.1) is 65.6 Å². The molecule has 30 nitrogen and oxygen atoms in total. The van der Waals surface area contributed by atoms with Crippen molar-refractivity contribution in [1.29, 1.82) is 0 Å². The van der Waals surface area contributed by atoms with E-state index in [4.69, 9.17) is 49.5 Å². The Bertz CT molecular complexity index is 5560. The molecule has 14 heterocycles. The van der Waals surface area contributed by atoms with Crippen molar-refractivity contribution in [3.63, 3.8) is 0 Å². The Hall–Kier alpha value is -12.2. The quantitative estimate of drug-likeness (QED) is 0.103. The van der Waals surface area contributed by atoms with Crippen LogP contribution in [0, 0.1) is 13.8 Å². The van der Waals surface area contributed by atoms with E-state index in [0.29, 0.717) is 50.5 Å². The van der Waals surface area contributed by atoms with E-state index < -0.39 is 0 Å². The lowest BCUT2D eigenvalue weighted by Crippen LogP contribution is -1.95. The average Bonchev–Trinajstić information content (AvgIpc) is 1.64. The topological polar surface area (TPSA) is 401 Å². The van der Waals surface area contributed by atoms with Gasteiger partial charge >= 0.3 is 0 Å². The van der Waals surface area contributed by atoms with Gasteiger partial charge in [-0.3, -0.25) is 4.68 Å². The zero-order chi connectivity index (χ0) is 66.5. The molecule has 0 radical (unpaired) electrons. The normalized spacial score (nSPS) is 11.3. The van der Waals surface area contributed by atoms with Gasteiger partial charge in [-0.25, -0.2) is 73.2 Å².